The van der Waals surface area contributed by atoms with Crippen LogP contribution in [0.15, 0.2) is 54.9 Å². The van der Waals surface area contributed by atoms with Gasteiger partial charge in [0.2, 0.25) is 0 Å². The summed E-state index contributed by atoms with van der Waals surface area (Å²) in [5.41, 5.74) is 2.37. The molecule has 1 aliphatic heterocycles. The summed E-state index contributed by atoms with van der Waals surface area (Å²) in [7, 11) is 0. The topological polar surface area (TPSA) is 98.9 Å². The molecule has 2 aromatic heterocycles. The Balaban J connectivity index is 1.55. The highest BCUT2D eigenvalue weighted by molar-refractivity contribution is 5.90. The van der Waals surface area contributed by atoms with Gasteiger partial charge in [-0.05, 0) is 18.2 Å². The number of rotatable bonds is 7. The quantitative estimate of drug-likeness (QED) is 0.617. The molecule has 0 saturated carbocycles. The van der Waals surface area contributed by atoms with Crippen LogP contribution in [-0.2, 0) is 22.7 Å². The summed E-state index contributed by atoms with van der Waals surface area (Å²) in [5.74, 6) is -1.89. The van der Waals surface area contributed by atoms with E-state index >= 15 is 0 Å². The number of hydrogen-bond donors (Lipinski definition) is 2. The van der Waals surface area contributed by atoms with E-state index in [1.807, 2.05) is 47.4 Å². The molecule has 1 atom stereocenters. The van der Waals surface area contributed by atoms with Crippen LogP contribution in [0.1, 0.15) is 17.3 Å². The molecule has 0 spiro atoms. The third-order valence-electron chi connectivity index (χ3n) is 5.54. The average Bonchev–Trinajstić information content (AvgIpc) is 3.08. The molecule has 8 heteroatoms. The minimum Gasteiger partial charge on any atom is -0.480 e. The van der Waals surface area contributed by atoms with Crippen LogP contribution in [0.2, 0.25) is 0 Å². The molecule has 0 aliphatic carbocycles. The van der Waals surface area contributed by atoms with Crippen LogP contribution >= 0.6 is 0 Å². The Morgan fingerprint density at radius 3 is 2.40 bits per heavy atom. The first-order valence-electron chi connectivity index (χ1n) is 9.91. The second-order valence-corrected chi connectivity index (χ2v) is 7.50. The smallest absolute Gasteiger partial charge is 0.325 e. The first kappa shape index (κ1) is 20.1. The van der Waals surface area contributed by atoms with Gasteiger partial charge in [0.05, 0.1) is 5.69 Å². The number of carbonyl (C=O) groups is 2. The van der Waals surface area contributed by atoms with Crippen molar-refractivity contribution >= 4 is 22.8 Å². The average molecular weight is 408 g/mol. The summed E-state index contributed by atoms with van der Waals surface area (Å²) >= 11 is 0. The summed E-state index contributed by atoms with van der Waals surface area (Å²) < 4.78 is 1.61. The normalized spacial score (nSPS) is 16.5. The van der Waals surface area contributed by atoms with E-state index in [4.69, 9.17) is 0 Å². The SMILES string of the molecule is O=C(O)Cn1cc([C@@H](C(=O)O)N2CCN(Cc3ccccn3)CC2)c2ccccc21. The minimum absolute atomic E-state index is 0.204. The number of aliphatic carboxylic acids is 2. The van der Waals surface area contributed by atoms with Crippen LogP contribution < -0.4 is 0 Å². The number of piperazine rings is 1. The van der Waals surface area contributed by atoms with Crippen molar-refractivity contribution in [2.24, 2.45) is 0 Å². The number of carboxylic acids is 2. The van der Waals surface area contributed by atoms with Gasteiger partial charge in [-0.25, -0.2) is 0 Å². The molecule has 156 valence electrons. The fraction of sp³-hybridized carbons (Fsp3) is 0.318. The lowest BCUT2D eigenvalue weighted by atomic mass is 10.0. The molecule has 0 unspecified atom stereocenters. The highest BCUT2D eigenvalue weighted by Crippen LogP contribution is 2.31. The molecule has 1 fully saturated rings. The van der Waals surface area contributed by atoms with E-state index in [0.29, 0.717) is 18.7 Å². The molecular formula is C22H24N4O4. The van der Waals surface area contributed by atoms with Gasteiger partial charge in [-0.3, -0.25) is 24.4 Å². The van der Waals surface area contributed by atoms with Gasteiger partial charge in [-0.2, -0.15) is 0 Å². The Hall–Kier alpha value is -3.23. The number of carboxylic acid groups (broad SMARTS) is 2. The van der Waals surface area contributed by atoms with Crippen LogP contribution in [0.3, 0.4) is 0 Å². The highest BCUT2D eigenvalue weighted by Gasteiger charge is 2.32. The van der Waals surface area contributed by atoms with Gasteiger partial charge in [0.25, 0.3) is 0 Å². The lowest BCUT2D eigenvalue weighted by Crippen LogP contribution is -2.48. The molecule has 4 rings (SSSR count). The van der Waals surface area contributed by atoms with Gasteiger partial charge in [0.1, 0.15) is 12.6 Å². The van der Waals surface area contributed by atoms with E-state index in [1.165, 1.54) is 0 Å². The molecule has 1 saturated heterocycles. The number of aromatic nitrogens is 2. The predicted octanol–water partition coefficient (Wildman–Crippen LogP) is 2.06. The van der Waals surface area contributed by atoms with Crippen LogP contribution in [0, 0.1) is 0 Å². The molecular weight excluding hydrogens is 384 g/mol. The van der Waals surface area contributed by atoms with E-state index in [0.717, 1.165) is 36.2 Å². The second-order valence-electron chi connectivity index (χ2n) is 7.50. The second kappa shape index (κ2) is 8.64. The number of para-hydroxylation sites is 1. The fourth-order valence-corrected chi connectivity index (χ4v) is 4.16. The molecule has 3 aromatic rings. The lowest BCUT2D eigenvalue weighted by molar-refractivity contribution is -0.144. The Bertz CT molecular complexity index is 1040. The van der Waals surface area contributed by atoms with Gasteiger partial charge >= 0.3 is 11.9 Å². The van der Waals surface area contributed by atoms with E-state index in [9.17, 15) is 19.8 Å². The summed E-state index contributed by atoms with van der Waals surface area (Å²) in [4.78, 5) is 32.1. The van der Waals surface area contributed by atoms with E-state index in [2.05, 4.69) is 9.88 Å². The number of fused-ring (bicyclic) bond motifs is 1. The van der Waals surface area contributed by atoms with Crippen LogP contribution in [0.5, 0.6) is 0 Å². The van der Waals surface area contributed by atoms with Crippen LogP contribution in [0.25, 0.3) is 10.9 Å². The van der Waals surface area contributed by atoms with Crippen molar-refractivity contribution in [1.29, 1.82) is 0 Å². The van der Waals surface area contributed by atoms with Crippen molar-refractivity contribution in [2.75, 3.05) is 26.2 Å². The molecule has 0 amide bonds. The maximum absolute atomic E-state index is 12.3. The molecule has 1 aromatic carbocycles. The Morgan fingerprint density at radius 2 is 1.73 bits per heavy atom. The Morgan fingerprint density at radius 1 is 1.00 bits per heavy atom. The summed E-state index contributed by atoms with van der Waals surface area (Å²) in [6.45, 7) is 3.25. The van der Waals surface area contributed by atoms with Gasteiger partial charge in [-0.15, -0.1) is 0 Å². The van der Waals surface area contributed by atoms with Gasteiger partial charge in [0, 0.05) is 61.6 Å². The molecule has 1 aliphatic rings. The standard InChI is InChI=1S/C22H24N4O4/c27-20(28)15-26-14-18(17-6-1-2-7-19(17)26)21(22(29)30)25-11-9-24(10-12-25)13-16-5-3-4-8-23-16/h1-8,14,21H,9-13,15H2,(H,27,28)(H,29,30)/t21-/m0/s1. The predicted molar refractivity (Wildman–Crippen MR) is 111 cm³/mol. The highest BCUT2D eigenvalue weighted by atomic mass is 16.4. The lowest BCUT2D eigenvalue weighted by Gasteiger charge is -2.37. The molecule has 3 heterocycles. The van der Waals surface area contributed by atoms with Gasteiger partial charge in [-0.1, -0.05) is 24.3 Å². The van der Waals surface area contributed by atoms with Crippen molar-refractivity contribution in [3.8, 4) is 0 Å². The van der Waals surface area contributed by atoms with E-state index in [-0.39, 0.29) is 6.54 Å². The molecule has 0 bridgehead atoms. The Labute approximate surface area is 174 Å². The molecule has 30 heavy (non-hydrogen) atoms. The summed E-state index contributed by atoms with van der Waals surface area (Å²) in [5, 5.41) is 20.0. The zero-order valence-electron chi connectivity index (χ0n) is 16.5. The molecule has 8 nitrogen and oxygen atoms in total. The number of nitrogens with zero attached hydrogens (tertiary/aromatic N) is 4. The molecule has 2 N–H and O–H groups in total. The zero-order valence-corrected chi connectivity index (χ0v) is 16.5. The van der Waals surface area contributed by atoms with Crippen molar-refractivity contribution in [3.63, 3.8) is 0 Å². The van der Waals surface area contributed by atoms with Gasteiger partial charge in [0.15, 0.2) is 0 Å². The maximum Gasteiger partial charge on any atom is 0.325 e. The first-order valence-corrected chi connectivity index (χ1v) is 9.91. The third kappa shape index (κ3) is 4.19. The number of pyridine rings is 1. The fourth-order valence-electron chi connectivity index (χ4n) is 4.16. The van der Waals surface area contributed by atoms with Crippen molar-refractivity contribution in [1.82, 2.24) is 19.4 Å². The third-order valence-corrected chi connectivity index (χ3v) is 5.54. The van der Waals surface area contributed by atoms with Crippen molar-refractivity contribution in [2.45, 2.75) is 19.1 Å². The largest absolute Gasteiger partial charge is 0.480 e. The maximum atomic E-state index is 12.3. The Kier molecular flexibility index (Phi) is 5.78. The van der Waals surface area contributed by atoms with E-state index in [1.54, 1.807) is 17.0 Å². The monoisotopic (exact) mass is 408 g/mol. The van der Waals surface area contributed by atoms with Gasteiger partial charge < -0.3 is 14.8 Å². The van der Waals surface area contributed by atoms with Crippen molar-refractivity contribution < 1.29 is 19.8 Å². The molecule has 0 radical (unpaired) electrons. The summed E-state index contributed by atoms with van der Waals surface area (Å²) in [6.07, 6.45) is 3.46. The van der Waals surface area contributed by atoms with Crippen LogP contribution in [0.4, 0.5) is 0 Å². The van der Waals surface area contributed by atoms with Crippen molar-refractivity contribution in [3.05, 3.63) is 66.1 Å². The number of benzene rings is 1. The van der Waals surface area contributed by atoms with Crippen LogP contribution in [-0.4, -0.2) is 67.7 Å². The zero-order chi connectivity index (χ0) is 21.1. The first-order chi connectivity index (χ1) is 14.5. The number of hydrogen-bond acceptors (Lipinski definition) is 5. The van der Waals surface area contributed by atoms with E-state index < -0.39 is 18.0 Å². The summed E-state index contributed by atoms with van der Waals surface area (Å²) in [6, 6.07) is 12.4. The minimum atomic E-state index is -0.961.